The van der Waals surface area contributed by atoms with E-state index in [0.717, 1.165) is 0 Å². The maximum absolute atomic E-state index is 12.6. The monoisotopic (exact) mass is 410 g/mol. The lowest BCUT2D eigenvalue weighted by atomic mass is 10.0. The van der Waals surface area contributed by atoms with Crippen molar-refractivity contribution in [3.8, 4) is 0 Å². The lowest BCUT2D eigenvalue weighted by molar-refractivity contribution is -0.119. The van der Waals surface area contributed by atoms with E-state index in [2.05, 4.69) is 21.3 Å². The van der Waals surface area contributed by atoms with E-state index in [4.69, 9.17) is 0 Å². The molecule has 1 aliphatic rings. The number of carbonyl (C=O) groups excluding carboxylic acids is 3. The first-order chi connectivity index (χ1) is 13.1. The standard InChI is InChI=1S/C18H26N4O5S/c1-11(2)16(22-18(25)21-15-7-8-28(26,27)10-15)17(24)20-14-6-4-5-13(9-14)19-12(3)23/h4-6,9,11,15-16H,7-8,10H2,1-3H3,(H,19,23)(H,20,24)(H2,21,22,25)/t15-,16-/m0/s1. The minimum Gasteiger partial charge on any atom is -0.334 e. The van der Waals surface area contributed by atoms with Crippen molar-refractivity contribution in [2.45, 2.75) is 39.3 Å². The van der Waals surface area contributed by atoms with Gasteiger partial charge in [0.05, 0.1) is 11.5 Å². The van der Waals surface area contributed by atoms with E-state index in [0.29, 0.717) is 17.8 Å². The molecule has 1 saturated heterocycles. The third-order valence-corrected chi connectivity index (χ3v) is 6.02. The quantitative estimate of drug-likeness (QED) is 0.557. The summed E-state index contributed by atoms with van der Waals surface area (Å²) in [6.45, 7) is 4.97. The molecule has 0 saturated carbocycles. The van der Waals surface area contributed by atoms with E-state index in [1.54, 1.807) is 38.1 Å². The zero-order valence-corrected chi connectivity index (χ0v) is 16.9. The Morgan fingerprint density at radius 3 is 2.29 bits per heavy atom. The SMILES string of the molecule is CC(=O)Nc1cccc(NC(=O)[C@@H](NC(=O)N[C@H]2CCS(=O)(=O)C2)C(C)C)c1. The van der Waals surface area contributed by atoms with Crippen LogP contribution in [-0.4, -0.2) is 49.9 Å². The van der Waals surface area contributed by atoms with Gasteiger partial charge in [-0.05, 0) is 30.5 Å². The van der Waals surface area contributed by atoms with Crippen molar-refractivity contribution in [2.75, 3.05) is 22.1 Å². The zero-order valence-electron chi connectivity index (χ0n) is 16.1. The summed E-state index contributed by atoms with van der Waals surface area (Å²) < 4.78 is 23.0. The Morgan fingerprint density at radius 1 is 1.11 bits per heavy atom. The summed E-state index contributed by atoms with van der Waals surface area (Å²) in [6.07, 6.45) is 0.365. The fourth-order valence-corrected chi connectivity index (χ4v) is 4.58. The highest BCUT2D eigenvalue weighted by molar-refractivity contribution is 7.91. The van der Waals surface area contributed by atoms with Crippen molar-refractivity contribution in [1.82, 2.24) is 10.6 Å². The van der Waals surface area contributed by atoms with Crippen molar-refractivity contribution < 1.29 is 22.8 Å². The first-order valence-electron chi connectivity index (χ1n) is 9.01. The lowest BCUT2D eigenvalue weighted by Gasteiger charge is -2.23. The van der Waals surface area contributed by atoms with Gasteiger partial charge in [0.25, 0.3) is 0 Å². The topological polar surface area (TPSA) is 133 Å². The molecule has 0 unspecified atom stereocenters. The molecule has 2 rings (SSSR count). The van der Waals surface area contributed by atoms with E-state index >= 15 is 0 Å². The molecule has 1 aromatic carbocycles. The summed E-state index contributed by atoms with van der Waals surface area (Å²) in [4.78, 5) is 36.0. The van der Waals surface area contributed by atoms with Gasteiger partial charge in [0.15, 0.2) is 9.84 Å². The molecule has 9 nitrogen and oxygen atoms in total. The van der Waals surface area contributed by atoms with Gasteiger partial charge in [-0.1, -0.05) is 19.9 Å². The Hall–Kier alpha value is -2.62. The van der Waals surface area contributed by atoms with Gasteiger partial charge in [0.1, 0.15) is 6.04 Å². The van der Waals surface area contributed by atoms with Crippen molar-refractivity contribution in [1.29, 1.82) is 0 Å². The molecule has 0 spiro atoms. The second-order valence-corrected chi connectivity index (χ2v) is 9.42. The van der Waals surface area contributed by atoms with Gasteiger partial charge < -0.3 is 21.3 Å². The molecule has 154 valence electrons. The van der Waals surface area contributed by atoms with Crippen molar-refractivity contribution in [3.63, 3.8) is 0 Å². The van der Waals surface area contributed by atoms with Crippen LogP contribution < -0.4 is 21.3 Å². The predicted octanol–water partition coefficient (Wildman–Crippen LogP) is 1.09. The maximum atomic E-state index is 12.6. The number of hydrogen-bond acceptors (Lipinski definition) is 5. The highest BCUT2D eigenvalue weighted by Crippen LogP contribution is 2.16. The molecule has 4 amide bonds. The Morgan fingerprint density at radius 2 is 1.75 bits per heavy atom. The van der Waals surface area contributed by atoms with Gasteiger partial charge in [-0.3, -0.25) is 9.59 Å². The fraction of sp³-hybridized carbons (Fsp3) is 0.500. The third kappa shape index (κ3) is 6.52. The molecular weight excluding hydrogens is 384 g/mol. The summed E-state index contributed by atoms with van der Waals surface area (Å²) in [5.41, 5.74) is 1.02. The molecule has 1 fully saturated rings. The highest BCUT2D eigenvalue weighted by Gasteiger charge is 2.30. The first kappa shape index (κ1) is 21.7. The summed E-state index contributed by atoms with van der Waals surface area (Å²) in [6, 6.07) is 4.81. The second kappa shape index (κ2) is 9.05. The smallest absolute Gasteiger partial charge is 0.315 e. The van der Waals surface area contributed by atoms with Crippen LogP contribution in [0.25, 0.3) is 0 Å². The Balaban J connectivity index is 1.98. The van der Waals surface area contributed by atoms with E-state index < -0.39 is 33.9 Å². The summed E-state index contributed by atoms with van der Waals surface area (Å²) >= 11 is 0. The van der Waals surface area contributed by atoms with Crippen LogP contribution in [0.4, 0.5) is 16.2 Å². The third-order valence-electron chi connectivity index (χ3n) is 4.25. The van der Waals surface area contributed by atoms with Crippen LogP contribution in [0.3, 0.4) is 0 Å². The van der Waals surface area contributed by atoms with Gasteiger partial charge >= 0.3 is 6.03 Å². The van der Waals surface area contributed by atoms with Gasteiger partial charge in [-0.15, -0.1) is 0 Å². The average molecular weight is 410 g/mol. The highest BCUT2D eigenvalue weighted by atomic mass is 32.2. The van der Waals surface area contributed by atoms with Gasteiger partial charge in [0, 0.05) is 24.3 Å². The number of rotatable bonds is 6. The molecular formula is C18H26N4O5S. The number of carbonyl (C=O) groups is 3. The van der Waals surface area contributed by atoms with Crippen LogP contribution in [-0.2, 0) is 19.4 Å². The summed E-state index contributed by atoms with van der Waals surface area (Å²) in [7, 11) is -3.11. The molecule has 0 radical (unpaired) electrons. The van der Waals surface area contributed by atoms with Crippen LogP contribution in [0.15, 0.2) is 24.3 Å². The number of nitrogens with one attached hydrogen (secondary N) is 4. The molecule has 0 bridgehead atoms. The van der Waals surface area contributed by atoms with Crippen LogP contribution in [0, 0.1) is 5.92 Å². The van der Waals surface area contributed by atoms with Crippen LogP contribution in [0.2, 0.25) is 0 Å². The number of hydrogen-bond donors (Lipinski definition) is 4. The van der Waals surface area contributed by atoms with Crippen molar-refractivity contribution in [2.24, 2.45) is 5.92 Å². The van der Waals surface area contributed by atoms with E-state index in [-0.39, 0.29) is 23.3 Å². The van der Waals surface area contributed by atoms with Gasteiger partial charge in [-0.25, -0.2) is 13.2 Å². The Bertz CT molecular complexity index is 853. The summed E-state index contributed by atoms with van der Waals surface area (Å²) in [5.74, 6) is -0.873. The van der Waals surface area contributed by atoms with Crippen LogP contribution in [0.5, 0.6) is 0 Å². The number of sulfone groups is 1. The Labute approximate surface area is 164 Å². The van der Waals surface area contributed by atoms with E-state index in [1.165, 1.54) is 6.92 Å². The molecule has 28 heavy (non-hydrogen) atoms. The first-order valence-corrected chi connectivity index (χ1v) is 10.8. The minimum absolute atomic E-state index is 0.0523. The normalized spacial score (nSPS) is 18.9. The van der Waals surface area contributed by atoms with E-state index in [1.807, 2.05) is 0 Å². The molecule has 0 aromatic heterocycles. The zero-order chi connectivity index (χ0) is 20.9. The van der Waals surface area contributed by atoms with E-state index in [9.17, 15) is 22.8 Å². The van der Waals surface area contributed by atoms with Crippen LogP contribution in [0.1, 0.15) is 27.2 Å². The van der Waals surface area contributed by atoms with Crippen LogP contribution >= 0.6 is 0 Å². The predicted molar refractivity (Wildman–Crippen MR) is 107 cm³/mol. The molecule has 1 heterocycles. The Kier molecular flexibility index (Phi) is 7.00. The second-order valence-electron chi connectivity index (χ2n) is 7.19. The molecule has 1 aliphatic heterocycles. The lowest BCUT2D eigenvalue weighted by Crippen LogP contribution is -2.52. The van der Waals surface area contributed by atoms with Gasteiger partial charge in [0.2, 0.25) is 11.8 Å². The molecule has 2 atom stereocenters. The minimum atomic E-state index is -3.11. The van der Waals surface area contributed by atoms with Gasteiger partial charge in [-0.2, -0.15) is 0 Å². The summed E-state index contributed by atoms with van der Waals surface area (Å²) in [5, 5.41) is 10.6. The molecule has 1 aromatic rings. The average Bonchev–Trinajstić information content (AvgIpc) is 2.90. The molecule has 10 heteroatoms. The largest absolute Gasteiger partial charge is 0.334 e. The molecule has 4 N–H and O–H groups in total. The van der Waals surface area contributed by atoms with Crippen molar-refractivity contribution in [3.05, 3.63) is 24.3 Å². The fourth-order valence-electron chi connectivity index (χ4n) is 2.91. The number of benzene rings is 1. The number of amides is 4. The maximum Gasteiger partial charge on any atom is 0.315 e. The number of anilines is 2. The molecule has 0 aliphatic carbocycles. The van der Waals surface area contributed by atoms with Crippen molar-refractivity contribution >= 4 is 39.1 Å². The number of urea groups is 1.